The van der Waals surface area contributed by atoms with E-state index in [0.717, 1.165) is 0 Å². The molecular weight excluding hydrogens is 226 g/mol. The van der Waals surface area contributed by atoms with Crippen LogP contribution in [0.4, 0.5) is 23.2 Å². The lowest BCUT2D eigenvalue weighted by molar-refractivity contribution is -0.172. The van der Waals surface area contributed by atoms with Gasteiger partial charge in [-0.3, -0.25) is 0 Å². The monoisotopic (exact) mass is 237 g/mol. The first-order valence-electron chi connectivity index (χ1n) is 4.62. The highest BCUT2D eigenvalue weighted by Gasteiger charge is 2.27. The molecule has 2 nitrogen and oxygen atoms in total. The number of rotatable bonds is 5. The van der Waals surface area contributed by atoms with Crippen molar-refractivity contribution in [1.82, 2.24) is 0 Å². The third-order valence-corrected chi connectivity index (χ3v) is 1.70. The van der Waals surface area contributed by atoms with E-state index in [4.69, 9.17) is 0 Å². The van der Waals surface area contributed by atoms with Gasteiger partial charge >= 0.3 is 6.18 Å². The summed E-state index contributed by atoms with van der Waals surface area (Å²) in [7, 11) is 0. The maximum atomic E-state index is 13.0. The lowest BCUT2D eigenvalue weighted by Gasteiger charge is -2.09. The summed E-state index contributed by atoms with van der Waals surface area (Å²) in [5.41, 5.74) is 0.248. The van der Waals surface area contributed by atoms with E-state index in [1.54, 1.807) is 6.07 Å². The molecule has 0 heterocycles. The Kier molecular flexibility index (Phi) is 4.54. The Hall–Kier alpha value is -1.30. The fraction of sp³-hybridized carbons (Fsp3) is 0.400. The largest absolute Gasteiger partial charge is 0.411 e. The van der Waals surface area contributed by atoms with Gasteiger partial charge in [0.2, 0.25) is 0 Å². The Morgan fingerprint density at radius 1 is 1.19 bits per heavy atom. The molecule has 0 aliphatic rings. The van der Waals surface area contributed by atoms with Crippen LogP contribution in [0.2, 0.25) is 0 Å². The van der Waals surface area contributed by atoms with Gasteiger partial charge in [0.1, 0.15) is 12.4 Å². The SMILES string of the molecule is Fc1ccccc1NCCOCC(F)(F)F. The first-order chi connectivity index (χ1) is 7.49. The Morgan fingerprint density at radius 2 is 1.88 bits per heavy atom. The van der Waals surface area contributed by atoms with E-state index < -0.39 is 18.6 Å². The average Bonchev–Trinajstić information content (AvgIpc) is 2.18. The molecule has 1 aromatic rings. The summed E-state index contributed by atoms with van der Waals surface area (Å²) in [6.07, 6.45) is -4.32. The van der Waals surface area contributed by atoms with E-state index in [2.05, 4.69) is 10.1 Å². The molecule has 1 N–H and O–H groups in total. The molecular formula is C10H11F4NO. The number of alkyl halides is 3. The molecule has 0 aliphatic heterocycles. The van der Waals surface area contributed by atoms with Crippen LogP contribution < -0.4 is 5.32 Å². The second kappa shape index (κ2) is 5.69. The second-order valence-electron chi connectivity index (χ2n) is 3.07. The highest BCUT2D eigenvalue weighted by atomic mass is 19.4. The van der Waals surface area contributed by atoms with Crippen molar-refractivity contribution in [2.45, 2.75) is 6.18 Å². The molecule has 6 heteroatoms. The summed E-state index contributed by atoms with van der Waals surface area (Å²) in [5.74, 6) is -0.446. The number of halogens is 4. The Balaban J connectivity index is 2.19. The third kappa shape index (κ3) is 4.97. The molecule has 0 aromatic heterocycles. The molecule has 0 amide bonds. The standard InChI is InChI=1S/C10H11F4NO/c11-8-3-1-2-4-9(8)15-5-6-16-7-10(12,13)14/h1-4,15H,5-7H2. The molecule has 0 bridgehead atoms. The van der Waals surface area contributed by atoms with E-state index in [9.17, 15) is 17.6 Å². The summed E-state index contributed by atoms with van der Waals surface area (Å²) in [6.45, 7) is -1.29. The quantitative estimate of drug-likeness (QED) is 0.628. The van der Waals surface area contributed by atoms with Crippen LogP contribution in [0.3, 0.4) is 0 Å². The predicted molar refractivity (Wildman–Crippen MR) is 51.8 cm³/mol. The highest BCUT2D eigenvalue weighted by Crippen LogP contribution is 2.14. The molecule has 1 rings (SSSR count). The zero-order valence-corrected chi connectivity index (χ0v) is 8.35. The summed E-state index contributed by atoms with van der Waals surface area (Å²) >= 11 is 0. The minimum absolute atomic E-state index is 0.122. The first kappa shape index (κ1) is 12.8. The van der Waals surface area contributed by atoms with Gasteiger partial charge in [-0.2, -0.15) is 13.2 Å². The van der Waals surface area contributed by atoms with Crippen molar-refractivity contribution in [1.29, 1.82) is 0 Å². The maximum absolute atomic E-state index is 13.0. The Bertz CT molecular complexity index is 327. The van der Waals surface area contributed by atoms with E-state index in [-0.39, 0.29) is 18.8 Å². The van der Waals surface area contributed by atoms with Crippen molar-refractivity contribution in [2.24, 2.45) is 0 Å². The normalized spacial score (nSPS) is 11.5. The molecule has 0 spiro atoms. The van der Waals surface area contributed by atoms with Crippen LogP contribution in [0.1, 0.15) is 0 Å². The van der Waals surface area contributed by atoms with Crippen molar-refractivity contribution >= 4 is 5.69 Å². The number of ether oxygens (including phenoxy) is 1. The van der Waals surface area contributed by atoms with Crippen molar-refractivity contribution in [3.63, 3.8) is 0 Å². The van der Waals surface area contributed by atoms with Gasteiger partial charge in [0, 0.05) is 6.54 Å². The van der Waals surface area contributed by atoms with E-state index in [1.807, 2.05) is 0 Å². The number of para-hydroxylation sites is 1. The molecule has 0 fully saturated rings. The van der Waals surface area contributed by atoms with Crippen LogP contribution in [0, 0.1) is 5.82 Å². The third-order valence-electron chi connectivity index (χ3n) is 1.70. The van der Waals surface area contributed by atoms with Gasteiger partial charge in [0.05, 0.1) is 12.3 Å². The van der Waals surface area contributed by atoms with Gasteiger partial charge in [-0.05, 0) is 12.1 Å². The first-order valence-corrected chi connectivity index (χ1v) is 4.62. The van der Waals surface area contributed by atoms with Crippen molar-refractivity contribution in [3.05, 3.63) is 30.1 Å². The van der Waals surface area contributed by atoms with E-state index >= 15 is 0 Å². The van der Waals surface area contributed by atoms with Crippen LogP contribution >= 0.6 is 0 Å². The average molecular weight is 237 g/mol. The van der Waals surface area contributed by atoms with Crippen molar-refractivity contribution in [2.75, 3.05) is 25.1 Å². The maximum Gasteiger partial charge on any atom is 0.411 e. The summed E-state index contributed by atoms with van der Waals surface area (Å²) < 4.78 is 52.3. The lowest BCUT2D eigenvalue weighted by Crippen LogP contribution is -2.20. The van der Waals surface area contributed by atoms with Crippen LogP contribution in [0.25, 0.3) is 0 Å². The van der Waals surface area contributed by atoms with Gasteiger partial charge in [-0.1, -0.05) is 12.1 Å². The Labute approximate surface area is 90.2 Å². The molecule has 0 saturated heterocycles. The van der Waals surface area contributed by atoms with Gasteiger partial charge in [0.25, 0.3) is 0 Å². The molecule has 0 aliphatic carbocycles. The van der Waals surface area contributed by atoms with Gasteiger partial charge in [0.15, 0.2) is 0 Å². The summed E-state index contributed by atoms with van der Waals surface area (Å²) in [5, 5.41) is 2.63. The molecule has 90 valence electrons. The van der Waals surface area contributed by atoms with Crippen LogP contribution in [0.5, 0.6) is 0 Å². The number of hydrogen-bond acceptors (Lipinski definition) is 2. The summed E-state index contributed by atoms with van der Waals surface area (Å²) in [4.78, 5) is 0. The van der Waals surface area contributed by atoms with Gasteiger partial charge < -0.3 is 10.1 Å². The topological polar surface area (TPSA) is 21.3 Å². The van der Waals surface area contributed by atoms with Crippen LogP contribution in [-0.2, 0) is 4.74 Å². The van der Waals surface area contributed by atoms with Crippen LogP contribution in [0.15, 0.2) is 24.3 Å². The highest BCUT2D eigenvalue weighted by molar-refractivity contribution is 5.44. The minimum Gasteiger partial charge on any atom is -0.380 e. The number of hydrogen-bond donors (Lipinski definition) is 1. The zero-order chi connectivity index (χ0) is 12.0. The van der Waals surface area contributed by atoms with Crippen LogP contribution in [-0.4, -0.2) is 25.9 Å². The number of anilines is 1. The minimum atomic E-state index is -4.32. The fourth-order valence-electron chi connectivity index (χ4n) is 1.05. The predicted octanol–water partition coefficient (Wildman–Crippen LogP) is 2.82. The number of nitrogens with one attached hydrogen (secondary N) is 1. The van der Waals surface area contributed by atoms with Gasteiger partial charge in [-0.25, -0.2) is 4.39 Å². The molecule has 0 saturated carbocycles. The molecule has 0 unspecified atom stereocenters. The molecule has 1 aromatic carbocycles. The molecule has 0 radical (unpaired) electrons. The molecule has 0 atom stereocenters. The van der Waals surface area contributed by atoms with Crippen molar-refractivity contribution in [3.8, 4) is 0 Å². The molecule has 16 heavy (non-hydrogen) atoms. The fourth-order valence-corrected chi connectivity index (χ4v) is 1.05. The Morgan fingerprint density at radius 3 is 2.50 bits per heavy atom. The smallest absolute Gasteiger partial charge is 0.380 e. The van der Waals surface area contributed by atoms with E-state index in [0.29, 0.717) is 0 Å². The van der Waals surface area contributed by atoms with E-state index in [1.165, 1.54) is 18.2 Å². The number of benzene rings is 1. The lowest BCUT2D eigenvalue weighted by atomic mass is 10.3. The zero-order valence-electron chi connectivity index (χ0n) is 8.35. The summed E-state index contributed by atoms with van der Waals surface area (Å²) in [6, 6.07) is 5.92. The van der Waals surface area contributed by atoms with Gasteiger partial charge in [-0.15, -0.1) is 0 Å². The second-order valence-corrected chi connectivity index (χ2v) is 3.07. The van der Waals surface area contributed by atoms with Crippen molar-refractivity contribution < 1.29 is 22.3 Å².